The van der Waals surface area contributed by atoms with Crippen LogP contribution in [0.4, 0.5) is 0 Å². The Kier molecular flexibility index (Phi) is 8.87. The Morgan fingerprint density at radius 3 is 2.44 bits per heavy atom. The summed E-state index contributed by atoms with van der Waals surface area (Å²) in [5, 5.41) is 0. The fourth-order valence-corrected chi connectivity index (χ4v) is 5.92. The summed E-state index contributed by atoms with van der Waals surface area (Å²) in [5.41, 5.74) is 9.52. The van der Waals surface area contributed by atoms with E-state index in [2.05, 4.69) is 88.4 Å². The van der Waals surface area contributed by atoms with E-state index in [0.717, 1.165) is 5.92 Å². The van der Waals surface area contributed by atoms with Gasteiger partial charge in [0.05, 0.1) is 0 Å². The van der Waals surface area contributed by atoms with E-state index in [4.69, 9.17) is 0 Å². The Labute approximate surface area is 209 Å². The second-order valence-electron chi connectivity index (χ2n) is 11.4. The van der Waals surface area contributed by atoms with Crippen molar-refractivity contribution < 1.29 is 0 Å². The Balaban J connectivity index is 1.54. The summed E-state index contributed by atoms with van der Waals surface area (Å²) in [5.74, 6) is 2.81. The number of hydrogen-bond donors (Lipinski definition) is 0. The maximum Gasteiger partial charge on any atom is -0.0134 e. The molecule has 34 heavy (non-hydrogen) atoms. The molecule has 0 saturated heterocycles. The van der Waals surface area contributed by atoms with Crippen molar-refractivity contribution in [3.63, 3.8) is 0 Å². The molecule has 0 nitrogen and oxygen atoms in total. The zero-order chi connectivity index (χ0) is 23.9. The van der Waals surface area contributed by atoms with Gasteiger partial charge in [0.15, 0.2) is 0 Å². The number of hydrogen-bond acceptors (Lipinski definition) is 0. The lowest BCUT2D eigenvalue weighted by Crippen LogP contribution is -2.19. The molecule has 182 valence electrons. The fourth-order valence-electron chi connectivity index (χ4n) is 5.92. The molecule has 0 heterocycles. The summed E-state index contributed by atoms with van der Waals surface area (Å²) in [4.78, 5) is 0. The van der Waals surface area contributed by atoms with Crippen molar-refractivity contribution in [2.24, 2.45) is 23.7 Å². The van der Waals surface area contributed by atoms with E-state index in [9.17, 15) is 0 Å². The minimum atomic E-state index is 0.679. The molecule has 1 aromatic rings. The van der Waals surface area contributed by atoms with Gasteiger partial charge in [-0.1, -0.05) is 98.2 Å². The Morgan fingerprint density at radius 1 is 0.882 bits per heavy atom. The highest BCUT2D eigenvalue weighted by Gasteiger charge is 2.27. The van der Waals surface area contributed by atoms with Gasteiger partial charge in [0.2, 0.25) is 0 Å². The molecular formula is C34H46. The van der Waals surface area contributed by atoms with E-state index in [-0.39, 0.29) is 0 Å². The molecule has 0 aromatic heterocycles. The maximum absolute atomic E-state index is 2.61. The number of fused-ring (bicyclic) bond motifs is 1. The zero-order valence-electron chi connectivity index (χ0n) is 22.2. The van der Waals surface area contributed by atoms with Gasteiger partial charge in [-0.15, -0.1) is 0 Å². The van der Waals surface area contributed by atoms with Crippen LogP contribution in [0.3, 0.4) is 0 Å². The molecule has 4 unspecified atom stereocenters. The molecule has 0 amide bonds. The van der Waals surface area contributed by atoms with Gasteiger partial charge in [0, 0.05) is 0 Å². The van der Waals surface area contributed by atoms with Gasteiger partial charge in [0.25, 0.3) is 0 Å². The van der Waals surface area contributed by atoms with E-state index in [0.29, 0.717) is 17.8 Å². The first-order valence-corrected chi connectivity index (χ1v) is 14.0. The molecule has 0 bridgehead atoms. The van der Waals surface area contributed by atoms with Crippen LogP contribution in [0.25, 0.3) is 0 Å². The third-order valence-corrected chi connectivity index (χ3v) is 8.72. The van der Waals surface area contributed by atoms with Crippen LogP contribution in [0.15, 0.2) is 83.0 Å². The van der Waals surface area contributed by atoms with Crippen LogP contribution in [0.1, 0.15) is 89.7 Å². The number of allylic oxidation sites excluding steroid dienone is 10. The standard InChI is InChI=1S/C34H46/c1-25-15-18-29(19-16-25)23-27(3)28(4)24-34(33-22-17-26(33)2)32-14-10-9-13-30-11-7-5-6-8-12-31(30)20-21-32/h6,8,10-11,14-16,18-19,21,26-28,31H,5,7,9,12-13,17,20,22-24H2,1-4H3. The van der Waals surface area contributed by atoms with Crippen LogP contribution in [-0.2, 0) is 6.42 Å². The van der Waals surface area contributed by atoms with E-state index in [1.165, 1.54) is 75.3 Å². The summed E-state index contributed by atoms with van der Waals surface area (Å²) >= 11 is 0. The summed E-state index contributed by atoms with van der Waals surface area (Å²) in [6.45, 7) is 9.57. The van der Waals surface area contributed by atoms with Crippen molar-refractivity contribution >= 4 is 0 Å². The smallest absolute Gasteiger partial charge is 0.0134 e. The van der Waals surface area contributed by atoms with Crippen LogP contribution in [-0.4, -0.2) is 0 Å². The third kappa shape index (κ3) is 6.53. The molecular weight excluding hydrogens is 408 g/mol. The number of benzene rings is 1. The summed E-state index contributed by atoms with van der Waals surface area (Å²) in [6, 6.07) is 9.17. The van der Waals surface area contributed by atoms with E-state index >= 15 is 0 Å². The van der Waals surface area contributed by atoms with Gasteiger partial charge < -0.3 is 0 Å². The molecule has 0 aliphatic heterocycles. The Morgan fingerprint density at radius 2 is 1.71 bits per heavy atom. The van der Waals surface area contributed by atoms with Crippen molar-refractivity contribution in [2.45, 2.75) is 91.9 Å². The number of aryl methyl sites for hydroxylation is 1. The first kappa shape index (κ1) is 25.0. The average Bonchev–Trinajstić information content (AvgIpc) is 2.89. The first-order valence-electron chi connectivity index (χ1n) is 14.0. The second-order valence-corrected chi connectivity index (χ2v) is 11.4. The highest BCUT2D eigenvalue weighted by atomic mass is 14.3. The van der Waals surface area contributed by atoms with Crippen molar-refractivity contribution in [1.29, 1.82) is 0 Å². The molecule has 3 aliphatic carbocycles. The van der Waals surface area contributed by atoms with Gasteiger partial charge in [0.1, 0.15) is 0 Å². The molecule has 1 fully saturated rings. The van der Waals surface area contributed by atoms with Gasteiger partial charge in [-0.2, -0.15) is 0 Å². The number of rotatable bonds is 6. The van der Waals surface area contributed by atoms with Crippen molar-refractivity contribution in [3.8, 4) is 0 Å². The highest BCUT2D eigenvalue weighted by molar-refractivity contribution is 5.46. The average molecular weight is 455 g/mol. The van der Waals surface area contributed by atoms with Crippen LogP contribution in [0, 0.1) is 30.6 Å². The molecule has 0 heteroatoms. The van der Waals surface area contributed by atoms with Crippen LogP contribution < -0.4 is 0 Å². The quantitative estimate of drug-likeness (QED) is 0.375. The Bertz CT molecular complexity index is 962. The van der Waals surface area contributed by atoms with Gasteiger partial charge >= 0.3 is 0 Å². The molecule has 0 N–H and O–H groups in total. The van der Waals surface area contributed by atoms with E-state index < -0.39 is 0 Å². The zero-order valence-corrected chi connectivity index (χ0v) is 22.2. The van der Waals surface area contributed by atoms with Gasteiger partial charge in [-0.05, 0) is 112 Å². The summed E-state index contributed by atoms with van der Waals surface area (Å²) < 4.78 is 0. The highest BCUT2D eigenvalue weighted by Crippen LogP contribution is 2.42. The molecule has 4 rings (SSSR count). The van der Waals surface area contributed by atoms with Crippen molar-refractivity contribution in [3.05, 3.63) is 94.1 Å². The fraction of sp³-hybridized carbons (Fsp3) is 0.529. The predicted molar refractivity (Wildman–Crippen MR) is 149 cm³/mol. The molecule has 4 atom stereocenters. The second kappa shape index (κ2) is 12.1. The van der Waals surface area contributed by atoms with Crippen LogP contribution >= 0.6 is 0 Å². The maximum atomic E-state index is 2.61. The molecule has 3 aliphatic rings. The Hall–Kier alpha value is -2.08. The van der Waals surface area contributed by atoms with Crippen LogP contribution in [0.5, 0.6) is 0 Å². The van der Waals surface area contributed by atoms with Gasteiger partial charge in [-0.25, -0.2) is 0 Å². The lowest BCUT2D eigenvalue weighted by Gasteiger charge is -2.33. The normalized spacial score (nSPS) is 26.4. The SMILES string of the molecule is Cc1ccc(CC(C)C(C)CC(C2=CCC3CC=CCCC=C3CCC=C2)=C2CCC2C)cc1. The topological polar surface area (TPSA) is 0 Å². The summed E-state index contributed by atoms with van der Waals surface area (Å²) in [7, 11) is 0. The molecule has 0 radical (unpaired) electrons. The predicted octanol–water partition coefficient (Wildman–Crippen LogP) is 9.88. The first-order chi connectivity index (χ1) is 16.5. The third-order valence-electron chi connectivity index (χ3n) is 8.72. The van der Waals surface area contributed by atoms with E-state index in [1.807, 2.05) is 0 Å². The molecule has 1 aromatic carbocycles. The van der Waals surface area contributed by atoms with E-state index in [1.54, 1.807) is 22.3 Å². The lowest BCUT2D eigenvalue weighted by molar-refractivity contribution is 0.376. The van der Waals surface area contributed by atoms with Crippen LogP contribution in [0.2, 0.25) is 0 Å². The van der Waals surface area contributed by atoms with Gasteiger partial charge in [-0.3, -0.25) is 0 Å². The minimum absolute atomic E-state index is 0.679. The van der Waals surface area contributed by atoms with Crippen molar-refractivity contribution in [2.75, 3.05) is 0 Å². The molecule has 1 saturated carbocycles. The lowest BCUT2D eigenvalue weighted by atomic mass is 9.72. The monoisotopic (exact) mass is 454 g/mol. The summed E-state index contributed by atoms with van der Waals surface area (Å²) in [6.07, 6.45) is 27.3. The largest absolute Gasteiger partial charge is 0.0882 e. The minimum Gasteiger partial charge on any atom is -0.0882 e. The molecule has 0 spiro atoms. The van der Waals surface area contributed by atoms with Crippen molar-refractivity contribution in [1.82, 2.24) is 0 Å².